The summed E-state index contributed by atoms with van der Waals surface area (Å²) in [5.41, 5.74) is -0.947. The van der Waals surface area contributed by atoms with Gasteiger partial charge in [0.05, 0.1) is 12.2 Å². The number of aromatic nitrogens is 2. The van der Waals surface area contributed by atoms with E-state index in [-0.39, 0.29) is 11.8 Å². The molecule has 0 saturated carbocycles. The van der Waals surface area contributed by atoms with Crippen LogP contribution in [-0.4, -0.2) is 31.5 Å². The van der Waals surface area contributed by atoms with E-state index in [2.05, 4.69) is 4.98 Å². The molecule has 136 valence electrons. The molecule has 0 aliphatic carbocycles. The van der Waals surface area contributed by atoms with Crippen LogP contribution >= 0.6 is 7.82 Å². The number of ether oxygens (including phenoxy) is 1. The Balaban J connectivity index is 2.31. The third kappa shape index (κ3) is 4.87. The summed E-state index contributed by atoms with van der Waals surface area (Å²) in [5.74, 6) is 0. The van der Waals surface area contributed by atoms with E-state index in [0.29, 0.717) is 12.0 Å². The van der Waals surface area contributed by atoms with Gasteiger partial charge in [-0.25, -0.2) is 9.36 Å². The number of nitrogens with one attached hydrogen (secondary N) is 1. The molecule has 3 atom stereocenters. The zero-order chi connectivity index (χ0) is 18.3. The van der Waals surface area contributed by atoms with Crippen molar-refractivity contribution in [3.05, 3.63) is 32.6 Å². The third-order valence-corrected chi connectivity index (χ3v) is 4.27. The van der Waals surface area contributed by atoms with Gasteiger partial charge in [0.2, 0.25) is 0 Å². The lowest BCUT2D eigenvalue weighted by Crippen LogP contribution is -2.33. The van der Waals surface area contributed by atoms with Crippen molar-refractivity contribution >= 4 is 7.82 Å². The summed E-state index contributed by atoms with van der Waals surface area (Å²) in [6.45, 7) is 7.46. The first-order chi connectivity index (χ1) is 10.9. The van der Waals surface area contributed by atoms with Crippen LogP contribution in [0.15, 0.2) is 15.8 Å². The summed E-state index contributed by atoms with van der Waals surface area (Å²) in [6.07, 6.45) is -0.240. The van der Waals surface area contributed by atoms with Crippen LogP contribution in [0.2, 0.25) is 0 Å². The van der Waals surface area contributed by atoms with Crippen molar-refractivity contribution in [1.82, 2.24) is 9.55 Å². The van der Waals surface area contributed by atoms with Gasteiger partial charge in [0.1, 0.15) is 6.23 Å². The van der Waals surface area contributed by atoms with Gasteiger partial charge >= 0.3 is 13.5 Å². The summed E-state index contributed by atoms with van der Waals surface area (Å²) >= 11 is 0. The average molecular weight is 362 g/mol. The van der Waals surface area contributed by atoms with Gasteiger partial charge in [-0.05, 0) is 18.8 Å². The number of phosphoric acid groups is 1. The molecule has 1 unspecified atom stereocenters. The molecule has 2 rings (SSSR count). The fraction of sp³-hybridized carbons (Fsp3) is 0.714. The van der Waals surface area contributed by atoms with Crippen LogP contribution in [0.5, 0.6) is 0 Å². The average Bonchev–Trinajstić information content (AvgIpc) is 2.72. The van der Waals surface area contributed by atoms with E-state index < -0.39 is 37.5 Å². The van der Waals surface area contributed by atoms with E-state index in [1.54, 1.807) is 6.92 Å². The number of rotatable bonds is 4. The fourth-order valence-electron chi connectivity index (χ4n) is 2.75. The molecule has 1 aromatic rings. The molecular formula is C14H23N2O7P. The quantitative estimate of drug-likeness (QED) is 0.682. The third-order valence-electron chi connectivity index (χ3n) is 3.72. The Kier molecular flexibility index (Phi) is 5.22. The Labute approximate surface area is 138 Å². The molecule has 9 nitrogen and oxygen atoms in total. The molecule has 0 spiro atoms. The predicted octanol–water partition coefficient (Wildman–Crippen LogP) is 1.05. The predicted molar refractivity (Wildman–Crippen MR) is 85.6 cm³/mol. The van der Waals surface area contributed by atoms with Gasteiger partial charge in [-0.3, -0.25) is 18.9 Å². The zero-order valence-electron chi connectivity index (χ0n) is 14.1. The maximum Gasteiger partial charge on any atom is 0.469 e. The van der Waals surface area contributed by atoms with E-state index >= 15 is 0 Å². The number of hydrogen-bond donors (Lipinski definition) is 3. The smallest absolute Gasteiger partial charge is 0.352 e. The molecule has 1 saturated heterocycles. The number of phosphoric ester groups is 1. The highest BCUT2D eigenvalue weighted by atomic mass is 31.2. The number of nitrogens with zero attached hydrogens (tertiary/aromatic N) is 1. The Bertz CT molecular complexity index is 758. The van der Waals surface area contributed by atoms with E-state index in [4.69, 9.17) is 19.0 Å². The molecular weight excluding hydrogens is 339 g/mol. The maximum atomic E-state index is 12.0. The first-order valence-corrected chi connectivity index (χ1v) is 9.10. The van der Waals surface area contributed by atoms with Gasteiger partial charge in [-0.15, -0.1) is 0 Å². The summed E-state index contributed by atoms with van der Waals surface area (Å²) < 4.78 is 23.1. The van der Waals surface area contributed by atoms with Crippen LogP contribution in [-0.2, 0) is 13.8 Å². The fourth-order valence-corrected chi connectivity index (χ4v) is 3.32. The Morgan fingerprint density at radius 3 is 2.58 bits per heavy atom. The minimum absolute atomic E-state index is 0.0945. The monoisotopic (exact) mass is 362 g/mol. The summed E-state index contributed by atoms with van der Waals surface area (Å²) in [7, 11) is -4.69. The van der Waals surface area contributed by atoms with Crippen LogP contribution in [0.25, 0.3) is 0 Å². The van der Waals surface area contributed by atoms with Crippen molar-refractivity contribution in [3.8, 4) is 0 Å². The highest BCUT2D eigenvalue weighted by Crippen LogP contribution is 2.45. The van der Waals surface area contributed by atoms with Crippen LogP contribution < -0.4 is 11.2 Å². The van der Waals surface area contributed by atoms with Crippen molar-refractivity contribution in [2.24, 2.45) is 5.41 Å². The Morgan fingerprint density at radius 2 is 2.04 bits per heavy atom. The van der Waals surface area contributed by atoms with E-state index in [9.17, 15) is 14.2 Å². The molecule has 0 bridgehead atoms. The molecule has 10 heteroatoms. The SMILES string of the molecule is Cc1cn([C@H]2CC(OP(=O)(O)O)[C@@H](CC(C)(C)C)O2)c(=O)[nH]c1=O. The molecule has 1 aliphatic rings. The minimum atomic E-state index is -4.69. The van der Waals surface area contributed by atoms with Gasteiger partial charge in [0.15, 0.2) is 0 Å². The summed E-state index contributed by atoms with van der Waals surface area (Å²) in [4.78, 5) is 43.9. The molecule has 3 N–H and O–H groups in total. The van der Waals surface area contributed by atoms with Crippen LogP contribution in [0.1, 0.15) is 45.4 Å². The van der Waals surface area contributed by atoms with E-state index in [1.165, 1.54) is 10.8 Å². The maximum absolute atomic E-state index is 12.0. The van der Waals surface area contributed by atoms with Crippen molar-refractivity contribution in [3.63, 3.8) is 0 Å². The topological polar surface area (TPSA) is 131 Å². The summed E-state index contributed by atoms with van der Waals surface area (Å²) in [6, 6.07) is 0. The standard InChI is InChI=1S/C14H23N2O7P/c1-8-7-16(13(18)15-12(8)17)11-5-9(23-24(19,20)21)10(22-11)6-14(2,3)4/h7,9-11H,5-6H2,1-4H3,(H,15,17,18)(H2,19,20,21)/t9?,10-,11-/m1/s1. The lowest BCUT2D eigenvalue weighted by Gasteiger charge is -2.26. The molecule has 1 fully saturated rings. The lowest BCUT2D eigenvalue weighted by molar-refractivity contribution is -0.0379. The second-order valence-corrected chi connectivity index (χ2v) is 8.43. The largest absolute Gasteiger partial charge is 0.469 e. The Morgan fingerprint density at radius 1 is 1.42 bits per heavy atom. The molecule has 1 aliphatic heterocycles. The lowest BCUT2D eigenvalue weighted by atomic mass is 9.87. The van der Waals surface area contributed by atoms with Crippen LogP contribution in [0, 0.1) is 12.3 Å². The van der Waals surface area contributed by atoms with Crippen molar-refractivity contribution in [2.75, 3.05) is 0 Å². The van der Waals surface area contributed by atoms with E-state index in [0.717, 1.165) is 0 Å². The van der Waals surface area contributed by atoms with Gasteiger partial charge in [0.25, 0.3) is 5.56 Å². The minimum Gasteiger partial charge on any atom is -0.352 e. The normalized spacial score (nSPS) is 25.2. The van der Waals surface area contributed by atoms with Gasteiger partial charge in [-0.1, -0.05) is 20.8 Å². The first-order valence-electron chi connectivity index (χ1n) is 7.57. The molecule has 1 aromatic heterocycles. The highest BCUT2D eigenvalue weighted by Gasteiger charge is 2.42. The molecule has 2 heterocycles. The number of aryl methyl sites for hydroxylation is 1. The second kappa shape index (κ2) is 6.57. The molecule has 0 amide bonds. The number of aromatic amines is 1. The van der Waals surface area contributed by atoms with Gasteiger partial charge in [0, 0.05) is 18.2 Å². The zero-order valence-corrected chi connectivity index (χ0v) is 14.9. The number of hydrogen-bond acceptors (Lipinski definition) is 5. The van der Waals surface area contributed by atoms with Crippen molar-refractivity contribution < 1.29 is 23.6 Å². The van der Waals surface area contributed by atoms with E-state index in [1.807, 2.05) is 20.8 Å². The number of H-pyrrole nitrogens is 1. The van der Waals surface area contributed by atoms with Crippen LogP contribution in [0.3, 0.4) is 0 Å². The first kappa shape index (κ1) is 19.1. The van der Waals surface area contributed by atoms with Crippen molar-refractivity contribution in [2.45, 2.75) is 59.0 Å². The molecule has 0 aromatic carbocycles. The van der Waals surface area contributed by atoms with Crippen molar-refractivity contribution in [1.29, 1.82) is 0 Å². The van der Waals surface area contributed by atoms with Crippen LogP contribution in [0.4, 0.5) is 0 Å². The van der Waals surface area contributed by atoms with Gasteiger partial charge in [-0.2, -0.15) is 0 Å². The Hall–Kier alpha value is -1.25. The molecule has 24 heavy (non-hydrogen) atoms. The molecule has 0 radical (unpaired) electrons. The highest BCUT2D eigenvalue weighted by molar-refractivity contribution is 7.46. The van der Waals surface area contributed by atoms with Gasteiger partial charge < -0.3 is 14.5 Å². The summed E-state index contributed by atoms with van der Waals surface area (Å²) in [5, 5.41) is 0. The second-order valence-electron chi connectivity index (χ2n) is 7.24.